The molecule has 1 aromatic rings. The minimum atomic E-state index is -0.227. The van der Waals surface area contributed by atoms with Crippen LogP contribution < -0.4 is 15.2 Å². The normalized spacial score (nSPS) is 16.7. The summed E-state index contributed by atoms with van der Waals surface area (Å²) in [4.78, 5) is 14.1. The first-order valence-corrected chi connectivity index (χ1v) is 6.33. The van der Waals surface area contributed by atoms with Crippen LogP contribution in [0.15, 0.2) is 18.2 Å². The highest BCUT2D eigenvalue weighted by Gasteiger charge is 2.41. The molecule has 0 radical (unpaired) electrons. The Kier molecular flexibility index (Phi) is 3.66. The number of rotatable bonds is 4. The predicted octanol–water partition coefficient (Wildman–Crippen LogP) is 1.27. The van der Waals surface area contributed by atoms with Gasteiger partial charge in [0.05, 0.1) is 25.3 Å². The van der Waals surface area contributed by atoms with Gasteiger partial charge in [0.15, 0.2) is 0 Å². The molecule has 0 atom stereocenters. The molecule has 0 spiro atoms. The van der Waals surface area contributed by atoms with Crippen LogP contribution in [0.3, 0.4) is 0 Å². The maximum absolute atomic E-state index is 12.4. The third-order valence-electron chi connectivity index (χ3n) is 3.64. The Bertz CT molecular complexity index is 482. The number of nitrogens with zero attached hydrogens (tertiary/aromatic N) is 1. The van der Waals surface area contributed by atoms with E-state index in [0.717, 1.165) is 6.42 Å². The first kappa shape index (κ1) is 13.7. The summed E-state index contributed by atoms with van der Waals surface area (Å²) in [5.41, 5.74) is 6.40. The summed E-state index contributed by atoms with van der Waals surface area (Å²) in [6.45, 7) is 3.23. The second kappa shape index (κ2) is 5.09. The molecule has 5 heteroatoms. The van der Waals surface area contributed by atoms with Crippen molar-refractivity contribution in [1.29, 1.82) is 0 Å². The van der Waals surface area contributed by atoms with Crippen molar-refractivity contribution >= 4 is 5.91 Å². The van der Waals surface area contributed by atoms with E-state index in [1.165, 1.54) is 0 Å². The summed E-state index contributed by atoms with van der Waals surface area (Å²) in [6.07, 6.45) is 0.872. The van der Waals surface area contributed by atoms with Gasteiger partial charge in [-0.3, -0.25) is 4.79 Å². The number of nitrogens with two attached hydrogens (primary N) is 1. The number of benzene rings is 1. The molecule has 1 aliphatic rings. The third kappa shape index (κ3) is 2.51. The molecule has 2 N–H and O–H groups in total. The van der Waals surface area contributed by atoms with Crippen LogP contribution in [0.1, 0.15) is 23.7 Å². The first-order valence-electron chi connectivity index (χ1n) is 6.33. The Morgan fingerprint density at radius 3 is 2.58 bits per heavy atom. The van der Waals surface area contributed by atoms with Crippen LogP contribution in [0.4, 0.5) is 0 Å². The fraction of sp³-hybridized carbons (Fsp3) is 0.500. The number of carbonyl (C=O) groups excluding carboxylic acids is 1. The summed E-state index contributed by atoms with van der Waals surface area (Å²) in [6, 6.07) is 5.19. The van der Waals surface area contributed by atoms with Crippen molar-refractivity contribution < 1.29 is 14.3 Å². The Labute approximate surface area is 113 Å². The van der Waals surface area contributed by atoms with Crippen molar-refractivity contribution in [2.75, 3.05) is 27.3 Å². The Morgan fingerprint density at radius 1 is 1.37 bits per heavy atom. The average Bonchev–Trinajstić information content (AvgIpc) is 2.42. The maximum atomic E-state index is 12.4. The average molecular weight is 264 g/mol. The third-order valence-corrected chi connectivity index (χ3v) is 3.64. The topological polar surface area (TPSA) is 64.8 Å². The fourth-order valence-electron chi connectivity index (χ4n) is 2.23. The summed E-state index contributed by atoms with van der Waals surface area (Å²) >= 11 is 0. The molecule has 0 bridgehead atoms. The van der Waals surface area contributed by atoms with Gasteiger partial charge < -0.3 is 20.1 Å². The van der Waals surface area contributed by atoms with Gasteiger partial charge in [-0.1, -0.05) is 6.92 Å². The van der Waals surface area contributed by atoms with E-state index in [9.17, 15) is 4.79 Å². The van der Waals surface area contributed by atoms with Gasteiger partial charge in [-0.15, -0.1) is 0 Å². The molecule has 1 fully saturated rings. The summed E-state index contributed by atoms with van der Waals surface area (Å²) in [7, 11) is 3.12. The minimum absolute atomic E-state index is 0.0472. The molecular weight excluding hydrogens is 244 g/mol. The molecule has 2 rings (SSSR count). The zero-order valence-electron chi connectivity index (χ0n) is 11.6. The van der Waals surface area contributed by atoms with Crippen LogP contribution >= 0.6 is 0 Å². The molecule has 0 unspecified atom stereocenters. The number of likely N-dealkylation sites (tertiary alicyclic amines) is 1. The van der Waals surface area contributed by atoms with Crippen LogP contribution in [0.5, 0.6) is 11.5 Å². The number of ether oxygens (including phenoxy) is 2. The Morgan fingerprint density at radius 2 is 2.05 bits per heavy atom. The van der Waals surface area contributed by atoms with Gasteiger partial charge in [0, 0.05) is 19.2 Å². The first-order chi connectivity index (χ1) is 9.03. The van der Waals surface area contributed by atoms with E-state index in [4.69, 9.17) is 15.2 Å². The maximum Gasteiger partial charge on any atom is 0.257 e. The molecule has 5 nitrogen and oxygen atoms in total. The van der Waals surface area contributed by atoms with E-state index in [1.807, 2.05) is 6.92 Å². The van der Waals surface area contributed by atoms with E-state index >= 15 is 0 Å². The zero-order valence-corrected chi connectivity index (χ0v) is 11.6. The largest absolute Gasteiger partial charge is 0.497 e. The quantitative estimate of drug-likeness (QED) is 0.889. The second-order valence-electron chi connectivity index (χ2n) is 4.94. The standard InChI is InChI=1S/C14H20N2O3/c1-4-14(15)8-16(9-14)13(17)11-6-5-10(18-2)7-12(11)19-3/h5-7H,4,8-9,15H2,1-3H3. The van der Waals surface area contributed by atoms with E-state index in [-0.39, 0.29) is 11.4 Å². The van der Waals surface area contributed by atoms with Crippen molar-refractivity contribution in [3.05, 3.63) is 23.8 Å². The number of hydrogen-bond donors (Lipinski definition) is 1. The number of hydrogen-bond acceptors (Lipinski definition) is 4. The highest BCUT2D eigenvalue weighted by molar-refractivity contribution is 5.97. The molecular formula is C14H20N2O3. The lowest BCUT2D eigenvalue weighted by Crippen LogP contribution is -2.68. The molecule has 0 aliphatic carbocycles. The molecule has 1 heterocycles. The van der Waals surface area contributed by atoms with Crippen LogP contribution in [0.25, 0.3) is 0 Å². The van der Waals surface area contributed by atoms with Gasteiger partial charge in [0.25, 0.3) is 5.91 Å². The SMILES string of the molecule is CCC1(N)CN(C(=O)c2ccc(OC)cc2OC)C1. The lowest BCUT2D eigenvalue weighted by Gasteiger charge is -2.47. The summed E-state index contributed by atoms with van der Waals surface area (Å²) in [5, 5.41) is 0. The van der Waals surface area contributed by atoms with Crippen molar-refractivity contribution in [2.24, 2.45) is 5.73 Å². The van der Waals surface area contributed by atoms with Crippen molar-refractivity contribution in [3.8, 4) is 11.5 Å². The molecule has 19 heavy (non-hydrogen) atoms. The lowest BCUT2D eigenvalue weighted by molar-refractivity contribution is 0.0398. The molecule has 1 amide bonds. The summed E-state index contributed by atoms with van der Waals surface area (Å²) in [5.74, 6) is 1.14. The van der Waals surface area contributed by atoms with Crippen LogP contribution in [0.2, 0.25) is 0 Å². The van der Waals surface area contributed by atoms with Crippen molar-refractivity contribution in [1.82, 2.24) is 4.90 Å². The number of amides is 1. The van der Waals surface area contributed by atoms with Crippen LogP contribution in [-0.2, 0) is 0 Å². The highest BCUT2D eigenvalue weighted by Crippen LogP contribution is 2.29. The molecule has 0 aromatic heterocycles. The Hall–Kier alpha value is -1.75. The van der Waals surface area contributed by atoms with Crippen LogP contribution in [-0.4, -0.2) is 43.7 Å². The lowest BCUT2D eigenvalue weighted by atomic mass is 9.87. The van der Waals surface area contributed by atoms with Crippen LogP contribution in [0, 0.1) is 0 Å². The van der Waals surface area contributed by atoms with Gasteiger partial charge in [0.1, 0.15) is 11.5 Å². The minimum Gasteiger partial charge on any atom is -0.497 e. The fourth-order valence-corrected chi connectivity index (χ4v) is 2.23. The smallest absolute Gasteiger partial charge is 0.257 e. The van der Waals surface area contributed by atoms with Gasteiger partial charge in [-0.05, 0) is 18.6 Å². The van der Waals surface area contributed by atoms with Gasteiger partial charge in [-0.2, -0.15) is 0 Å². The highest BCUT2D eigenvalue weighted by atomic mass is 16.5. The van der Waals surface area contributed by atoms with E-state index in [1.54, 1.807) is 37.3 Å². The molecule has 104 valence electrons. The number of carbonyl (C=O) groups is 1. The van der Waals surface area contributed by atoms with Gasteiger partial charge in [0.2, 0.25) is 0 Å². The molecule has 0 saturated carbocycles. The van der Waals surface area contributed by atoms with Crippen molar-refractivity contribution in [2.45, 2.75) is 18.9 Å². The van der Waals surface area contributed by atoms with Gasteiger partial charge in [-0.25, -0.2) is 0 Å². The van der Waals surface area contributed by atoms with E-state index in [2.05, 4.69) is 0 Å². The molecule has 1 aromatic carbocycles. The van der Waals surface area contributed by atoms with E-state index < -0.39 is 0 Å². The summed E-state index contributed by atoms with van der Waals surface area (Å²) < 4.78 is 10.4. The van der Waals surface area contributed by atoms with Gasteiger partial charge >= 0.3 is 0 Å². The monoisotopic (exact) mass is 264 g/mol. The molecule has 1 saturated heterocycles. The second-order valence-corrected chi connectivity index (χ2v) is 4.94. The van der Waals surface area contributed by atoms with Crippen molar-refractivity contribution in [3.63, 3.8) is 0 Å². The predicted molar refractivity (Wildman–Crippen MR) is 72.7 cm³/mol. The zero-order chi connectivity index (χ0) is 14.0. The Balaban J connectivity index is 2.16. The molecule has 1 aliphatic heterocycles. The number of methoxy groups -OCH3 is 2. The van der Waals surface area contributed by atoms with E-state index in [0.29, 0.717) is 30.2 Å².